The Hall–Kier alpha value is -1.81. The molecule has 0 aliphatic carbocycles. The van der Waals surface area contributed by atoms with E-state index in [1.165, 1.54) is 0 Å². The van der Waals surface area contributed by atoms with Crippen LogP contribution in [0.4, 0.5) is 0 Å². The van der Waals surface area contributed by atoms with Gasteiger partial charge in [0.15, 0.2) is 0 Å². The Bertz CT molecular complexity index is 592. The van der Waals surface area contributed by atoms with Crippen LogP contribution in [-0.2, 0) is 6.54 Å². The third-order valence-electron chi connectivity index (χ3n) is 3.65. The molecule has 3 rings (SSSR count). The van der Waals surface area contributed by atoms with Crippen LogP contribution in [-0.4, -0.2) is 14.7 Å². The average Bonchev–Trinajstić information content (AvgIpc) is 2.87. The summed E-state index contributed by atoms with van der Waals surface area (Å²) in [6.45, 7) is 4.94. The van der Waals surface area contributed by atoms with Gasteiger partial charge in [0.2, 0.25) is 0 Å². The van der Waals surface area contributed by atoms with Crippen LogP contribution in [0.2, 0.25) is 0 Å². The van der Waals surface area contributed by atoms with Gasteiger partial charge in [-0.25, -0.2) is 4.98 Å². The zero-order valence-corrected chi connectivity index (χ0v) is 11.2. The number of hydrogen-bond acceptors (Lipinski definition) is 3. The van der Waals surface area contributed by atoms with E-state index in [1.807, 2.05) is 31.3 Å². The first kappa shape index (κ1) is 12.2. The second-order valence-electron chi connectivity index (χ2n) is 5.00. The van der Waals surface area contributed by atoms with E-state index in [0.29, 0.717) is 6.42 Å². The van der Waals surface area contributed by atoms with Crippen molar-refractivity contribution in [2.75, 3.05) is 0 Å². The van der Waals surface area contributed by atoms with Crippen molar-refractivity contribution in [3.8, 4) is 5.75 Å². The molecule has 1 aromatic carbocycles. The van der Waals surface area contributed by atoms with Crippen LogP contribution < -0.4 is 4.74 Å². The lowest BCUT2D eigenvalue weighted by atomic mass is 9.96. The fourth-order valence-corrected chi connectivity index (χ4v) is 2.61. The Morgan fingerprint density at radius 3 is 3.11 bits per heavy atom. The molecule has 19 heavy (non-hydrogen) atoms. The molecule has 4 heteroatoms. The van der Waals surface area contributed by atoms with Crippen molar-refractivity contribution in [3.05, 3.63) is 47.5 Å². The Balaban J connectivity index is 1.95. The van der Waals surface area contributed by atoms with Crippen molar-refractivity contribution < 1.29 is 9.84 Å². The summed E-state index contributed by atoms with van der Waals surface area (Å²) in [5.74, 6) is 0.776. The van der Waals surface area contributed by atoms with E-state index in [-0.39, 0.29) is 6.10 Å². The lowest BCUT2D eigenvalue weighted by Gasteiger charge is -2.30. The number of aliphatic hydroxyl groups is 1. The summed E-state index contributed by atoms with van der Waals surface area (Å²) < 4.78 is 8.08. The average molecular weight is 258 g/mol. The summed E-state index contributed by atoms with van der Waals surface area (Å²) in [6.07, 6.45) is 3.58. The molecule has 0 fully saturated rings. The van der Waals surface area contributed by atoms with Gasteiger partial charge in [-0.05, 0) is 26.0 Å². The molecule has 0 radical (unpaired) electrons. The van der Waals surface area contributed by atoms with Crippen LogP contribution >= 0.6 is 0 Å². The van der Waals surface area contributed by atoms with Gasteiger partial charge in [0.1, 0.15) is 11.9 Å². The monoisotopic (exact) mass is 258 g/mol. The smallest absolute Gasteiger partial charge is 0.143 e. The number of fused-ring (bicyclic) bond motifs is 1. The van der Waals surface area contributed by atoms with Crippen molar-refractivity contribution >= 4 is 0 Å². The normalized spacial score (nSPS) is 21.8. The summed E-state index contributed by atoms with van der Waals surface area (Å²) >= 11 is 0. The molecule has 0 spiro atoms. The molecule has 100 valence electrons. The largest absolute Gasteiger partial charge is 0.484 e. The van der Waals surface area contributed by atoms with Crippen molar-refractivity contribution in [1.82, 2.24) is 9.55 Å². The molecular formula is C15H18N2O2. The van der Waals surface area contributed by atoms with Crippen molar-refractivity contribution in [2.45, 2.75) is 39.0 Å². The van der Waals surface area contributed by atoms with Crippen molar-refractivity contribution in [2.24, 2.45) is 0 Å². The van der Waals surface area contributed by atoms with E-state index in [4.69, 9.17) is 4.74 Å². The van der Waals surface area contributed by atoms with E-state index >= 15 is 0 Å². The van der Waals surface area contributed by atoms with Gasteiger partial charge < -0.3 is 14.4 Å². The van der Waals surface area contributed by atoms with Gasteiger partial charge in [0.25, 0.3) is 0 Å². The topological polar surface area (TPSA) is 47.3 Å². The molecule has 2 unspecified atom stereocenters. The maximum absolute atomic E-state index is 10.3. The minimum Gasteiger partial charge on any atom is -0.484 e. The highest BCUT2D eigenvalue weighted by molar-refractivity contribution is 5.40. The van der Waals surface area contributed by atoms with E-state index in [0.717, 1.165) is 29.1 Å². The molecule has 1 aromatic heterocycles. The fraction of sp³-hybridized carbons (Fsp3) is 0.400. The molecule has 1 N–H and O–H groups in total. The summed E-state index contributed by atoms with van der Waals surface area (Å²) in [5, 5.41) is 10.3. The number of aryl methyl sites for hydroxylation is 2. The quantitative estimate of drug-likeness (QED) is 0.901. The molecule has 0 saturated heterocycles. The lowest BCUT2D eigenvalue weighted by Crippen LogP contribution is -2.21. The van der Waals surface area contributed by atoms with Crippen LogP contribution in [0.1, 0.15) is 42.4 Å². The second kappa shape index (κ2) is 4.70. The molecule has 2 atom stereocenters. The minimum atomic E-state index is -0.478. The zero-order chi connectivity index (χ0) is 13.4. The van der Waals surface area contributed by atoms with Gasteiger partial charge in [-0.1, -0.05) is 11.6 Å². The zero-order valence-electron chi connectivity index (χ0n) is 11.2. The number of aromatic nitrogens is 2. The van der Waals surface area contributed by atoms with Gasteiger partial charge in [0.05, 0.1) is 24.3 Å². The molecular weight excluding hydrogens is 240 g/mol. The van der Waals surface area contributed by atoms with E-state index in [9.17, 15) is 5.11 Å². The number of imidazole rings is 1. The first-order chi connectivity index (χ1) is 9.19. The highest BCUT2D eigenvalue weighted by Gasteiger charge is 2.29. The molecule has 1 aliphatic heterocycles. The Morgan fingerprint density at radius 1 is 1.47 bits per heavy atom. The van der Waals surface area contributed by atoms with E-state index in [1.54, 1.807) is 6.33 Å². The van der Waals surface area contributed by atoms with Gasteiger partial charge in [0, 0.05) is 18.5 Å². The predicted octanol–water partition coefficient (Wildman–Crippen LogP) is 2.77. The maximum Gasteiger partial charge on any atom is 0.143 e. The maximum atomic E-state index is 10.3. The Kier molecular flexibility index (Phi) is 3.03. The summed E-state index contributed by atoms with van der Waals surface area (Å²) in [5.41, 5.74) is 3.05. The van der Waals surface area contributed by atoms with Crippen molar-refractivity contribution in [3.63, 3.8) is 0 Å². The highest BCUT2D eigenvalue weighted by atomic mass is 16.5. The lowest BCUT2D eigenvalue weighted by molar-refractivity contribution is 0.0619. The van der Waals surface area contributed by atoms with Gasteiger partial charge in [-0.2, -0.15) is 0 Å². The summed E-state index contributed by atoms with van der Waals surface area (Å²) in [4.78, 5) is 4.16. The van der Waals surface area contributed by atoms with Crippen LogP contribution in [0, 0.1) is 6.92 Å². The number of hydrogen-bond donors (Lipinski definition) is 1. The van der Waals surface area contributed by atoms with E-state index in [2.05, 4.69) is 16.5 Å². The third kappa shape index (κ3) is 2.12. The van der Waals surface area contributed by atoms with Gasteiger partial charge >= 0.3 is 0 Å². The van der Waals surface area contributed by atoms with Crippen LogP contribution in [0.5, 0.6) is 5.75 Å². The van der Waals surface area contributed by atoms with Crippen LogP contribution in [0.15, 0.2) is 30.7 Å². The van der Waals surface area contributed by atoms with E-state index < -0.39 is 6.10 Å². The van der Waals surface area contributed by atoms with Crippen LogP contribution in [0.25, 0.3) is 0 Å². The first-order valence-electron chi connectivity index (χ1n) is 6.64. The Labute approximate surface area is 112 Å². The Morgan fingerprint density at radius 2 is 2.32 bits per heavy atom. The molecule has 4 nitrogen and oxygen atoms in total. The molecule has 1 aliphatic rings. The standard InChI is InChI=1S/C15H18N2O2/c1-3-17-9-16-8-12(17)15-7-13(18)11-6-10(2)4-5-14(11)19-15/h4-6,8-9,13,15,18H,3,7H2,1-2H3. The number of aliphatic hydroxyl groups excluding tert-OH is 1. The third-order valence-corrected chi connectivity index (χ3v) is 3.65. The predicted molar refractivity (Wildman–Crippen MR) is 72.0 cm³/mol. The first-order valence-corrected chi connectivity index (χ1v) is 6.64. The second-order valence-corrected chi connectivity index (χ2v) is 5.00. The molecule has 2 heterocycles. The van der Waals surface area contributed by atoms with Crippen LogP contribution in [0.3, 0.4) is 0 Å². The molecule has 2 aromatic rings. The highest BCUT2D eigenvalue weighted by Crippen LogP contribution is 2.40. The summed E-state index contributed by atoms with van der Waals surface area (Å²) in [7, 11) is 0. The van der Waals surface area contributed by atoms with Crippen molar-refractivity contribution in [1.29, 1.82) is 0 Å². The number of ether oxygens (including phenoxy) is 1. The molecule has 0 saturated carbocycles. The van der Waals surface area contributed by atoms with Gasteiger partial charge in [-0.15, -0.1) is 0 Å². The SMILES string of the molecule is CCn1cncc1C1CC(O)c2cc(C)ccc2O1. The number of nitrogens with zero attached hydrogens (tertiary/aromatic N) is 2. The molecule has 0 bridgehead atoms. The molecule has 0 amide bonds. The summed E-state index contributed by atoms with van der Waals surface area (Å²) in [6, 6.07) is 5.94. The number of rotatable bonds is 2. The minimum absolute atomic E-state index is 0.132. The van der Waals surface area contributed by atoms with Gasteiger partial charge in [-0.3, -0.25) is 0 Å². The number of benzene rings is 1. The fourth-order valence-electron chi connectivity index (χ4n) is 2.61.